The van der Waals surface area contributed by atoms with Crippen LogP contribution in [0, 0.1) is 6.92 Å². The number of rotatable bonds is 3. The zero-order chi connectivity index (χ0) is 14.9. The molecule has 106 valence electrons. The van der Waals surface area contributed by atoms with Crippen molar-refractivity contribution >= 4 is 21.0 Å². The number of fused-ring (bicyclic) bond motifs is 1. The third-order valence-corrected chi connectivity index (χ3v) is 4.23. The summed E-state index contributed by atoms with van der Waals surface area (Å²) >= 11 is 0. The minimum absolute atomic E-state index is 0.0289. The zero-order valence-electron chi connectivity index (χ0n) is 11.2. The number of hydrogen-bond acceptors (Lipinski definition) is 5. The Morgan fingerprint density at radius 2 is 1.67 bits per heavy atom. The van der Waals surface area contributed by atoms with E-state index in [0.717, 1.165) is 5.56 Å². The Hall–Kier alpha value is -2.47. The van der Waals surface area contributed by atoms with Gasteiger partial charge in [-0.05, 0) is 31.2 Å². The van der Waals surface area contributed by atoms with Crippen LogP contribution in [0.3, 0.4) is 0 Å². The highest BCUT2D eigenvalue weighted by Gasteiger charge is 2.18. The highest BCUT2D eigenvalue weighted by Crippen LogP contribution is 2.24. The summed E-state index contributed by atoms with van der Waals surface area (Å²) in [4.78, 5) is 8.09. The molecule has 0 aliphatic heterocycles. The van der Waals surface area contributed by atoms with Gasteiger partial charge in [-0.15, -0.1) is 0 Å². The second-order valence-electron chi connectivity index (χ2n) is 4.55. The van der Waals surface area contributed by atoms with E-state index in [-0.39, 0.29) is 10.8 Å². The molecular weight excluding hydrogens is 288 g/mol. The van der Waals surface area contributed by atoms with Gasteiger partial charge in [0, 0.05) is 0 Å². The summed E-state index contributed by atoms with van der Waals surface area (Å²) in [5, 5.41) is 0.552. The van der Waals surface area contributed by atoms with Crippen LogP contribution in [0.4, 0.5) is 0 Å². The number of aryl methyl sites for hydroxylation is 1. The fourth-order valence-electron chi connectivity index (χ4n) is 1.90. The van der Waals surface area contributed by atoms with Crippen molar-refractivity contribution in [2.24, 2.45) is 0 Å². The van der Waals surface area contributed by atoms with Crippen LogP contribution in [0.1, 0.15) is 5.56 Å². The molecule has 21 heavy (non-hydrogen) atoms. The SMILES string of the molecule is Cc1ccc(S(=O)(=O)Oc2ncnc3ccccc23)cc1. The van der Waals surface area contributed by atoms with Crippen LogP contribution in [-0.4, -0.2) is 18.4 Å². The van der Waals surface area contributed by atoms with Crippen LogP contribution < -0.4 is 4.18 Å². The van der Waals surface area contributed by atoms with Crippen LogP contribution in [0.2, 0.25) is 0 Å². The molecular formula is C15H12N2O3S. The minimum Gasteiger partial charge on any atom is -0.357 e. The van der Waals surface area contributed by atoms with Gasteiger partial charge in [-0.1, -0.05) is 29.8 Å². The van der Waals surface area contributed by atoms with Gasteiger partial charge in [0.15, 0.2) is 0 Å². The molecule has 1 aromatic heterocycles. The van der Waals surface area contributed by atoms with E-state index in [0.29, 0.717) is 10.9 Å². The first-order valence-electron chi connectivity index (χ1n) is 6.27. The lowest BCUT2D eigenvalue weighted by Crippen LogP contribution is -2.11. The number of benzene rings is 2. The predicted molar refractivity (Wildman–Crippen MR) is 78.5 cm³/mol. The van der Waals surface area contributed by atoms with Gasteiger partial charge in [0.1, 0.15) is 11.2 Å². The van der Waals surface area contributed by atoms with E-state index in [1.807, 2.05) is 13.0 Å². The van der Waals surface area contributed by atoms with Gasteiger partial charge in [0.25, 0.3) is 0 Å². The number of hydrogen-bond donors (Lipinski definition) is 0. The van der Waals surface area contributed by atoms with Crippen molar-refractivity contribution in [3.63, 3.8) is 0 Å². The van der Waals surface area contributed by atoms with E-state index in [1.165, 1.54) is 18.5 Å². The van der Waals surface area contributed by atoms with Crippen molar-refractivity contribution in [2.45, 2.75) is 11.8 Å². The summed E-state index contributed by atoms with van der Waals surface area (Å²) in [6, 6.07) is 13.5. The van der Waals surface area contributed by atoms with Crippen LogP contribution >= 0.6 is 0 Å². The van der Waals surface area contributed by atoms with E-state index in [9.17, 15) is 8.42 Å². The lowest BCUT2D eigenvalue weighted by atomic mass is 10.2. The van der Waals surface area contributed by atoms with Gasteiger partial charge in [0.05, 0.1) is 10.9 Å². The maximum atomic E-state index is 12.3. The van der Waals surface area contributed by atoms with Crippen molar-refractivity contribution < 1.29 is 12.6 Å². The maximum Gasteiger partial charge on any atom is 0.340 e. The second-order valence-corrected chi connectivity index (χ2v) is 6.09. The largest absolute Gasteiger partial charge is 0.357 e. The average molecular weight is 300 g/mol. The average Bonchev–Trinajstić information content (AvgIpc) is 2.48. The quantitative estimate of drug-likeness (QED) is 0.696. The summed E-state index contributed by atoms with van der Waals surface area (Å²) in [6.45, 7) is 1.88. The first-order chi connectivity index (χ1) is 10.1. The molecule has 0 aliphatic rings. The predicted octanol–water partition coefficient (Wildman–Crippen LogP) is 2.71. The Labute approximate surface area is 122 Å². The number of nitrogens with zero attached hydrogens (tertiary/aromatic N) is 2. The Balaban J connectivity index is 2.03. The van der Waals surface area contributed by atoms with E-state index in [2.05, 4.69) is 9.97 Å². The first-order valence-corrected chi connectivity index (χ1v) is 7.68. The molecule has 6 heteroatoms. The van der Waals surface area contributed by atoms with E-state index in [1.54, 1.807) is 30.3 Å². The topological polar surface area (TPSA) is 69.2 Å². The normalized spacial score (nSPS) is 11.5. The van der Waals surface area contributed by atoms with Crippen molar-refractivity contribution in [3.8, 4) is 5.88 Å². The molecule has 0 N–H and O–H groups in total. The van der Waals surface area contributed by atoms with Gasteiger partial charge < -0.3 is 4.18 Å². The molecule has 0 atom stereocenters. The summed E-state index contributed by atoms with van der Waals surface area (Å²) in [5.74, 6) is 0.0289. The molecule has 0 amide bonds. The molecule has 5 nitrogen and oxygen atoms in total. The van der Waals surface area contributed by atoms with Crippen molar-refractivity contribution in [1.82, 2.24) is 9.97 Å². The third kappa shape index (κ3) is 2.71. The zero-order valence-corrected chi connectivity index (χ0v) is 12.0. The molecule has 0 radical (unpaired) electrons. The number of aromatic nitrogens is 2. The monoisotopic (exact) mass is 300 g/mol. The van der Waals surface area contributed by atoms with Crippen LogP contribution in [-0.2, 0) is 10.1 Å². The summed E-state index contributed by atoms with van der Waals surface area (Å²) in [6.07, 6.45) is 1.28. The summed E-state index contributed by atoms with van der Waals surface area (Å²) < 4.78 is 29.7. The second kappa shape index (κ2) is 5.14. The fourth-order valence-corrected chi connectivity index (χ4v) is 2.81. The summed E-state index contributed by atoms with van der Waals surface area (Å²) in [5.41, 5.74) is 1.60. The minimum atomic E-state index is -3.91. The molecule has 0 fully saturated rings. The highest BCUT2D eigenvalue weighted by atomic mass is 32.2. The molecule has 3 rings (SSSR count). The first kappa shape index (κ1) is 13.5. The molecule has 3 aromatic rings. The van der Waals surface area contributed by atoms with E-state index in [4.69, 9.17) is 4.18 Å². The fraction of sp³-hybridized carbons (Fsp3) is 0.0667. The van der Waals surface area contributed by atoms with Crippen LogP contribution in [0.15, 0.2) is 59.8 Å². The van der Waals surface area contributed by atoms with Gasteiger partial charge in [0.2, 0.25) is 5.88 Å². The summed E-state index contributed by atoms with van der Waals surface area (Å²) in [7, 11) is -3.91. The van der Waals surface area contributed by atoms with Crippen molar-refractivity contribution in [1.29, 1.82) is 0 Å². The number of para-hydroxylation sites is 1. The maximum absolute atomic E-state index is 12.3. The van der Waals surface area contributed by atoms with Gasteiger partial charge >= 0.3 is 10.1 Å². The molecule has 0 aliphatic carbocycles. The molecule has 0 unspecified atom stereocenters. The Bertz CT molecular complexity index is 885. The third-order valence-electron chi connectivity index (χ3n) is 3.00. The lowest BCUT2D eigenvalue weighted by molar-refractivity contribution is 0.479. The molecule has 0 bridgehead atoms. The lowest BCUT2D eigenvalue weighted by Gasteiger charge is -2.08. The van der Waals surface area contributed by atoms with Crippen LogP contribution in [0.5, 0.6) is 5.88 Å². The smallest absolute Gasteiger partial charge is 0.340 e. The van der Waals surface area contributed by atoms with Gasteiger partial charge in [-0.3, -0.25) is 0 Å². The van der Waals surface area contributed by atoms with Gasteiger partial charge in [-0.2, -0.15) is 8.42 Å². The Kier molecular flexibility index (Phi) is 3.31. The van der Waals surface area contributed by atoms with E-state index < -0.39 is 10.1 Å². The molecule has 2 aromatic carbocycles. The Morgan fingerprint density at radius 1 is 0.952 bits per heavy atom. The van der Waals surface area contributed by atoms with Gasteiger partial charge in [-0.25, -0.2) is 9.97 Å². The highest BCUT2D eigenvalue weighted by molar-refractivity contribution is 7.87. The molecule has 0 spiro atoms. The molecule has 1 heterocycles. The standard InChI is InChI=1S/C15H12N2O3S/c1-11-6-8-12(9-7-11)21(18,19)20-15-13-4-2-3-5-14(13)16-10-17-15/h2-10H,1H3. The van der Waals surface area contributed by atoms with E-state index >= 15 is 0 Å². The molecule has 0 saturated heterocycles. The Morgan fingerprint density at radius 3 is 2.43 bits per heavy atom. The molecule has 0 saturated carbocycles. The van der Waals surface area contributed by atoms with Crippen molar-refractivity contribution in [2.75, 3.05) is 0 Å². The van der Waals surface area contributed by atoms with Crippen molar-refractivity contribution in [3.05, 3.63) is 60.4 Å². The van der Waals surface area contributed by atoms with Crippen LogP contribution in [0.25, 0.3) is 10.9 Å².